The van der Waals surface area contributed by atoms with E-state index >= 15 is 0 Å². The van der Waals surface area contributed by atoms with Gasteiger partial charge in [0.1, 0.15) is 12.6 Å². The van der Waals surface area contributed by atoms with E-state index in [1.807, 2.05) is 13.8 Å². The highest BCUT2D eigenvalue weighted by Gasteiger charge is 2.43. The van der Waals surface area contributed by atoms with Crippen LogP contribution in [0.4, 0.5) is 0 Å². The van der Waals surface area contributed by atoms with Crippen LogP contribution in [0, 0.1) is 0 Å². The lowest BCUT2D eigenvalue weighted by Crippen LogP contribution is -2.66. The monoisotopic (exact) mass is 254 g/mol. The number of carbonyl (C=O) groups excluding carboxylic acids is 2. The molecule has 0 aromatic rings. The summed E-state index contributed by atoms with van der Waals surface area (Å²) >= 11 is 0. The van der Waals surface area contributed by atoms with E-state index in [1.54, 1.807) is 4.90 Å². The van der Waals surface area contributed by atoms with Crippen molar-refractivity contribution in [1.82, 2.24) is 10.2 Å². The van der Waals surface area contributed by atoms with E-state index in [0.717, 1.165) is 25.9 Å². The number of nitrogens with zero attached hydrogens (tertiary/aromatic N) is 1. The minimum atomic E-state index is -0.352. The van der Waals surface area contributed by atoms with Crippen molar-refractivity contribution in [2.24, 2.45) is 0 Å². The van der Waals surface area contributed by atoms with Crippen LogP contribution in [0.2, 0.25) is 0 Å². The minimum absolute atomic E-state index is 0.0458. The predicted octanol–water partition coefficient (Wildman–Crippen LogP) is 0.683. The Kier molecular flexibility index (Phi) is 3.90. The molecule has 5 heteroatoms. The number of hydrogen-bond acceptors (Lipinski definition) is 3. The number of ether oxygens (including phenoxy) is 1. The predicted molar refractivity (Wildman–Crippen MR) is 67.0 cm³/mol. The van der Waals surface area contributed by atoms with E-state index in [0.29, 0.717) is 13.0 Å². The van der Waals surface area contributed by atoms with Crippen molar-refractivity contribution in [3.8, 4) is 0 Å². The fourth-order valence-electron chi connectivity index (χ4n) is 2.78. The summed E-state index contributed by atoms with van der Waals surface area (Å²) in [6.07, 6.45) is 3.45. The molecule has 0 aliphatic carbocycles. The van der Waals surface area contributed by atoms with Crippen molar-refractivity contribution < 1.29 is 14.3 Å². The van der Waals surface area contributed by atoms with Crippen LogP contribution in [0.25, 0.3) is 0 Å². The van der Waals surface area contributed by atoms with Gasteiger partial charge in [-0.2, -0.15) is 0 Å². The average molecular weight is 254 g/mol. The molecule has 102 valence electrons. The van der Waals surface area contributed by atoms with Crippen LogP contribution in [0.1, 0.15) is 39.5 Å². The van der Waals surface area contributed by atoms with Gasteiger partial charge >= 0.3 is 0 Å². The lowest BCUT2D eigenvalue weighted by molar-refractivity contribution is -0.155. The summed E-state index contributed by atoms with van der Waals surface area (Å²) < 4.78 is 5.49. The number of carbonyl (C=O) groups is 2. The van der Waals surface area contributed by atoms with Gasteiger partial charge in [0.25, 0.3) is 0 Å². The molecule has 2 heterocycles. The van der Waals surface area contributed by atoms with E-state index in [2.05, 4.69) is 5.32 Å². The highest BCUT2D eigenvalue weighted by atomic mass is 16.5. The summed E-state index contributed by atoms with van der Waals surface area (Å²) in [7, 11) is 0. The Morgan fingerprint density at radius 1 is 1.50 bits per heavy atom. The number of piperazine rings is 1. The Morgan fingerprint density at radius 2 is 2.28 bits per heavy atom. The van der Waals surface area contributed by atoms with E-state index in [1.165, 1.54) is 0 Å². The van der Waals surface area contributed by atoms with Gasteiger partial charge in [-0.25, -0.2) is 0 Å². The van der Waals surface area contributed by atoms with Gasteiger partial charge in [-0.05, 0) is 26.2 Å². The third-order valence-electron chi connectivity index (χ3n) is 3.85. The fourth-order valence-corrected chi connectivity index (χ4v) is 2.78. The Balaban J connectivity index is 2.14. The maximum absolute atomic E-state index is 12.4. The van der Waals surface area contributed by atoms with Gasteiger partial charge in [-0.1, -0.05) is 13.3 Å². The Bertz CT molecular complexity index is 337. The van der Waals surface area contributed by atoms with Crippen LogP contribution in [0.15, 0.2) is 0 Å². The molecule has 0 saturated carbocycles. The second-order valence-electron chi connectivity index (χ2n) is 5.49. The maximum atomic E-state index is 12.4. The largest absolute Gasteiger partial charge is 0.379 e. The third-order valence-corrected chi connectivity index (χ3v) is 3.85. The summed E-state index contributed by atoms with van der Waals surface area (Å²) in [5, 5.41) is 2.78. The van der Waals surface area contributed by atoms with E-state index < -0.39 is 0 Å². The molecule has 2 fully saturated rings. The fraction of sp³-hybridized carbons (Fsp3) is 0.846. The summed E-state index contributed by atoms with van der Waals surface area (Å²) in [5.41, 5.74) is -0.320. The molecule has 0 aromatic carbocycles. The summed E-state index contributed by atoms with van der Waals surface area (Å²) in [4.78, 5) is 25.9. The second-order valence-corrected chi connectivity index (χ2v) is 5.49. The van der Waals surface area contributed by atoms with E-state index in [9.17, 15) is 9.59 Å². The SMILES string of the molecule is CCCC1NC(=O)CN(C2(C)CCCOC2)C1=O. The standard InChI is InChI=1S/C13H22N2O3/c1-3-5-10-12(17)15(8-11(16)14-10)13(2)6-4-7-18-9-13/h10H,3-9H2,1-2H3,(H,14,16). The molecule has 2 atom stereocenters. The summed E-state index contributed by atoms with van der Waals surface area (Å²) in [5.74, 6) is -0.00991. The molecule has 2 rings (SSSR count). The van der Waals surface area contributed by atoms with E-state index in [-0.39, 0.29) is 29.9 Å². The summed E-state index contributed by atoms with van der Waals surface area (Å²) in [6.45, 7) is 5.49. The zero-order chi connectivity index (χ0) is 13.2. The molecule has 2 amide bonds. The van der Waals surface area contributed by atoms with Crippen molar-refractivity contribution in [1.29, 1.82) is 0 Å². The normalized spacial score (nSPS) is 33.4. The highest BCUT2D eigenvalue weighted by molar-refractivity contribution is 5.95. The molecule has 18 heavy (non-hydrogen) atoms. The van der Waals surface area contributed by atoms with Gasteiger partial charge in [0.2, 0.25) is 11.8 Å². The topological polar surface area (TPSA) is 58.6 Å². The van der Waals surface area contributed by atoms with Gasteiger partial charge in [0.15, 0.2) is 0 Å². The molecule has 5 nitrogen and oxygen atoms in total. The third kappa shape index (κ3) is 2.51. The van der Waals surface area contributed by atoms with Crippen LogP contribution in [-0.2, 0) is 14.3 Å². The molecule has 1 N–H and O–H groups in total. The zero-order valence-electron chi connectivity index (χ0n) is 11.2. The maximum Gasteiger partial charge on any atom is 0.246 e. The molecule has 2 aliphatic heterocycles. The molecule has 0 spiro atoms. The van der Waals surface area contributed by atoms with Crippen molar-refractivity contribution in [2.75, 3.05) is 19.8 Å². The first-order valence-electron chi connectivity index (χ1n) is 6.75. The first-order valence-corrected chi connectivity index (χ1v) is 6.75. The van der Waals surface area contributed by atoms with Gasteiger partial charge in [-0.15, -0.1) is 0 Å². The van der Waals surface area contributed by atoms with Crippen molar-refractivity contribution in [3.05, 3.63) is 0 Å². The number of amides is 2. The van der Waals surface area contributed by atoms with Gasteiger partial charge in [-0.3, -0.25) is 9.59 Å². The first kappa shape index (κ1) is 13.3. The lowest BCUT2D eigenvalue weighted by atomic mass is 9.90. The first-order chi connectivity index (χ1) is 8.57. The second kappa shape index (κ2) is 5.26. The highest BCUT2D eigenvalue weighted by Crippen LogP contribution is 2.28. The molecule has 2 unspecified atom stereocenters. The summed E-state index contributed by atoms with van der Waals surface area (Å²) in [6, 6.07) is -0.352. The van der Waals surface area contributed by atoms with Crippen molar-refractivity contribution in [2.45, 2.75) is 51.1 Å². The van der Waals surface area contributed by atoms with Crippen molar-refractivity contribution in [3.63, 3.8) is 0 Å². The van der Waals surface area contributed by atoms with Crippen LogP contribution < -0.4 is 5.32 Å². The van der Waals surface area contributed by atoms with Crippen LogP contribution in [-0.4, -0.2) is 48.1 Å². The number of nitrogens with one attached hydrogen (secondary N) is 1. The molecule has 2 aliphatic rings. The zero-order valence-corrected chi connectivity index (χ0v) is 11.2. The molecule has 2 saturated heterocycles. The Morgan fingerprint density at radius 3 is 2.89 bits per heavy atom. The Hall–Kier alpha value is -1.10. The smallest absolute Gasteiger partial charge is 0.246 e. The van der Waals surface area contributed by atoms with Crippen molar-refractivity contribution >= 4 is 11.8 Å². The molecule has 0 bridgehead atoms. The minimum Gasteiger partial charge on any atom is -0.379 e. The van der Waals surface area contributed by atoms with Crippen LogP contribution in [0.5, 0.6) is 0 Å². The van der Waals surface area contributed by atoms with Gasteiger partial charge < -0.3 is 15.0 Å². The van der Waals surface area contributed by atoms with Gasteiger partial charge in [0.05, 0.1) is 12.1 Å². The van der Waals surface area contributed by atoms with Crippen LogP contribution in [0.3, 0.4) is 0 Å². The number of hydrogen-bond donors (Lipinski definition) is 1. The number of rotatable bonds is 3. The molecular weight excluding hydrogens is 232 g/mol. The average Bonchev–Trinajstić information content (AvgIpc) is 2.34. The molecule has 0 aromatic heterocycles. The molecule has 0 radical (unpaired) electrons. The lowest BCUT2D eigenvalue weighted by Gasteiger charge is -2.46. The Labute approximate surface area is 108 Å². The van der Waals surface area contributed by atoms with Crippen LogP contribution >= 0.6 is 0 Å². The van der Waals surface area contributed by atoms with Gasteiger partial charge in [0, 0.05) is 6.61 Å². The van der Waals surface area contributed by atoms with E-state index in [4.69, 9.17) is 4.74 Å². The molecular formula is C13H22N2O3. The quantitative estimate of drug-likeness (QED) is 0.806.